The molecule has 2 rings (SSSR count). The number of nitrogens with zero attached hydrogens (tertiary/aromatic N) is 2. The molecule has 0 aliphatic rings. The second-order valence-corrected chi connectivity index (χ2v) is 5.15. The van der Waals surface area contributed by atoms with Crippen molar-refractivity contribution < 1.29 is 4.39 Å². The number of hydrogen-bond donors (Lipinski definition) is 0. The summed E-state index contributed by atoms with van der Waals surface area (Å²) in [5, 5.41) is 0.857. The lowest BCUT2D eigenvalue weighted by atomic mass is 10.1. The number of hydrogen-bond acceptors (Lipinski definition) is 3. The van der Waals surface area contributed by atoms with Crippen LogP contribution >= 0.6 is 11.8 Å². The Kier molecular flexibility index (Phi) is 3.66. The molecule has 0 unspecified atom stereocenters. The van der Waals surface area contributed by atoms with Crippen molar-refractivity contribution in [1.29, 1.82) is 0 Å². The Labute approximate surface area is 111 Å². The highest BCUT2D eigenvalue weighted by atomic mass is 32.2. The van der Waals surface area contributed by atoms with Crippen LogP contribution in [0.1, 0.15) is 16.8 Å². The fourth-order valence-corrected chi connectivity index (χ4v) is 2.34. The minimum Gasteiger partial charge on any atom is -0.233 e. The molecule has 4 heteroatoms. The second kappa shape index (κ2) is 5.06. The zero-order valence-corrected chi connectivity index (χ0v) is 11.7. The molecule has 18 heavy (non-hydrogen) atoms. The highest BCUT2D eigenvalue weighted by molar-refractivity contribution is 7.98. The fraction of sp³-hybridized carbons (Fsp3) is 0.286. The summed E-state index contributed by atoms with van der Waals surface area (Å²) in [6.45, 7) is 5.60. The summed E-state index contributed by atoms with van der Waals surface area (Å²) in [7, 11) is 0. The van der Waals surface area contributed by atoms with Crippen LogP contribution in [-0.2, 0) is 0 Å². The van der Waals surface area contributed by atoms with E-state index < -0.39 is 0 Å². The van der Waals surface area contributed by atoms with Crippen LogP contribution in [0.3, 0.4) is 0 Å². The molecule has 0 spiro atoms. The predicted molar refractivity (Wildman–Crippen MR) is 73.4 cm³/mol. The zero-order chi connectivity index (χ0) is 13.3. The smallest absolute Gasteiger partial charge is 0.163 e. The Morgan fingerprint density at radius 1 is 1.06 bits per heavy atom. The lowest BCUT2D eigenvalue weighted by Crippen LogP contribution is -1.98. The average molecular weight is 262 g/mol. The molecule has 0 amide bonds. The highest BCUT2D eigenvalue weighted by Gasteiger charge is 2.12. The quantitative estimate of drug-likeness (QED) is 0.606. The van der Waals surface area contributed by atoms with Crippen LogP contribution in [0.4, 0.5) is 4.39 Å². The molecule has 0 saturated heterocycles. The Bertz CT molecular complexity index is 597. The van der Waals surface area contributed by atoms with Gasteiger partial charge in [0.15, 0.2) is 5.82 Å². The van der Waals surface area contributed by atoms with Gasteiger partial charge in [-0.3, -0.25) is 0 Å². The molecule has 1 aromatic carbocycles. The van der Waals surface area contributed by atoms with Gasteiger partial charge in [-0.25, -0.2) is 14.4 Å². The van der Waals surface area contributed by atoms with Gasteiger partial charge in [0.1, 0.15) is 10.8 Å². The maximum absolute atomic E-state index is 14.1. The second-order valence-electron chi connectivity index (χ2n) is 4.32. The summed E-state index contributed by atoms with van der Waals surface area (Å²) in [5.74, 6) is 0.224. The van der Waals surface area contributed by atoms with Gasteiger partial charge in [0.2, 0.25) is 0 Å². The summed E-state index contributed by atoms with van der Waals surface area (Å²) in [5.41, 5.74) is 2.97. The van der Waals surface area contributed by atoms with Gasteiger partial charge in [-0.05, 0) is 50.3 Å². The Morgan fingerprint density at radius 3 is 2.44 bits per heavy atom. The number of aryl methyl sites for hydroxylation is 3. The minimum atomic E-state index is -0.238. The molecule has 94 valence electrons. The number of thioether (sulfide) groups is 1. The lowest BCUT2D eigenvalue weighted by molar-refractivity contribution is 0.620. The van der Waals surface area contributed by atoms with Crippen molar-refractivity contribution in [2.75, 3.05) is 6.26 Å². The van der Waals surface area contributed by atoms with Crippen LogP contribution in [0, 0.1) is 26.6 Å². The van der Waals surface area contributed by atoms with Crippen molar-refractivity contribution >= 4 is 11.8 Å². The first-order chi connectivity index (χ1) is 8.51. The van der Waals surface area contributed by atoms with E-state index in [-0.39, 0.29) is 5.82 Å². The van der Waals surface area contributed by atoms with Crippen LogP contribution < -0.4 is 0 Å². The van der Waals surface area contributed by atoms with Crippen LogP contribution in [0.25, 0.3) is 11.4 Å². The zero-order valence-electron chi connectivity index (χ0n) is 10.9. The fourth-order valence-electron chi connectivity index (χ4n) is 1.88. The van der Waals surface area contributed by atoms with Crippen LogP contribution in [0.5, 0.6) is 0 Å². The number of halogens is 1. The molecule has 0 aliphatic carbocycles. The predicted octanol–water partition coefficient (Wildman–Crippen LogP) is 3.93. The van der Waals surface area contributed by atoms with E-state index in [1.54, 1.807) is 13.0 Å². The van der Waals surface area contributed by atoms with Gasteiger partial charge in [0.25, 0.3) is 0 Å². The summed E-state index contributed by atoms with van der Waals surface area (Å²) in [4.78, 5) is 8.71. The molecule has 1 heterocycles. The molecular weight excluding hydrogens is 247 g/mol. The van der Waals surface area contributed by atoms with Crippen LogP contribution in [0.2, 0.25) is 0 Å². The Morgan fingerprint density at radius 2 is 1.78 bits per heavy atom. The van der Waals surface area contributed by atoms with Gasteiger partial charge in [-0.1, -0.05) is 6.07 Å². The molecule has 1 aromatic heterocycles. The van der Waals surface area contributed by atoms with E-state index in [9.17, 15) is 4.39 Å². The van der Waals surface area contributed by atoms with Crippen molar-refractivity contribution in [2.24, 2.45) is 0 Å². The molecule has 0 saturated carbocycles. The number of benzene rings is 1. The topological polar surface area (TPSA) is 25.8 Å². The van der Waals surface area contributed by atoms with Gasteiger partial charge in [-0.2, -0.15) is 0 Å². The third-order valence-electron chi connectivity index (χ3n) is 2.68. The van der Waals surface area contributed by atoms with Crippen molar-refractivity contribution in [3.63, 3.8) is 0 Å². The van der Waals surface area contributed by atoms with Crippen molar-refractivity contribution in [2.45, 2.75) is 25.8 Å². The minimum absolute atomic E-state index is 0.238. The largest absolute Gasteiger partial charge is 0.233 e. The van der Waals surface area contributed by atoms with E-state index in [0.717, 1.165) is 16.3 Å². The SMILES string of the molecule is CSc1cc(C)nc(-c2cc(C)cc(C)c2F)n1. The average Bonchev–Trinajstić information content (AvgIpc) is 2.32. The Hall–Kier alpha value is -1.42. The molecule has 0 aliphatic heterocycles. The van der Waals surface area contributed by atoms with E-state index in [0.29, 0.717) is 17.0 Å². The molecule has 0 atom stereocenters. The molecule has 0 bridgehead atoms. The van der Waals surface area contributed by atoms with Crippen molar-refractivity contribution in [3.05, 3.63) is 40.8 Å². The molecule has 2 nitrogen and oxygen atoms in total. The third kappa shape index (κ3) is 2.53. The highest BCUT2D eigenvalue weighted by Crippen LogP contribution is 2.25. The molecule has 0 fully saturated rings. The van der Waals surface area contributed by atoms with Crippen molar-refractivity contribution in [1.82, 2.24) is 9.97 Å². The Balaban J connectivity index is 2.65. The summed E-state index contributed by atoms with van der Waals surface area (Å²) in [6.07, 6.45) is 1.95. The van der Waals surface area contributed by atoms with E-state index in [2.05, 4.69) is 9.97 Å². The maximum atomic E-state index is 14.1. The van der Waals surface area contributed by atoms with Crippen LogP contribution in [-0.4, -0.2) is 16.2 Å². The first-order valence-corrected chi connectivity index (χ1v) is 6.90. The first kappa shape index (κ1) is 13.0. The standard InChI is InChI=1S/C14H15FN2S/c1-8-5-9(2)13(15)11(6-8)14-16-10(3)7-12(17-14)18-4/h5-7H,1-4H3. The van der Waals surface area contributed by atoms with Crippen molar-refractivity contribution in [3.8, 4) is 11.4 Å². The normalized spacial score (nSPS) is 10.7. The monoisotopic (exact) mass is 262 g/mol. The van der Waals surface area contributed by atoms with Gasteiger partial charge >= 0.3 is 0 Å². The van der Waals surface area contributed by atoms with Gasteiger partial charge in [0, 0.05) is 5.69 Å². The van der Waals surface area contributed by atoms with Gasteiger partial charge < -0.3 is 0 Å². The van der Waals surface area contributed by atoms with E-state index in [4.69, 9.17) is 0 Å². The molecular formula is C14H15FN2S. The van der Waals surface area contributed by atoms with Crippen LogP contribution in [0.15, 0.2) is 23.2 Å². The molecule has 0 radical (unpaired) electrons. The van der Waals surface area contributed by atoms with E-state index in [1.165, 1.54) is 11.8 Å². The summed E-state index contributed by atoms with van der Waals surface area (Å²) in [6, 6.07) is 5.51. The third-order valence-corrected chi connectivity index (χ3v) is 3.31. The van der Waals surface area contributed by atoms with E-state index in [1.807, 2.05) is 32.2 Å². The summed E-state index contributed by atoms with van der Waals surface area (Å²) < 4.78 is 14.1. The lowest BCUT2D eigenvalue weighted by Gasteiger charge is -2.08. The first-order valence-electron chi connectivity index (χ1n) is 5.68. The van der Waals surface area contributed by atoms with E-state index >= 15 is 0 Å². The maximum Gasteiger partial charge on any atom is 0.163 e. The molecule has 0 N–H and O–H groups in total. The van der Waals surface area contributed by atoms with Gasteiger partial charge in [0.05, 0.1) is 5.56 Å². The summed E-state index contributed by atoms with van der Waals surface area (Å²) >= 11 is 1.53. The van der Waals surface area contributed by atoms with Gasteiger partial charge in [-0.15, -0.1) is 11.8 Å². The number of rotatable bonds is 2. The number of aromatic nitrogens is 2. The molecule has 2 aromatic rings.